The molecule has 1 saturated heterocycles. The largest absolute Gasteiger partial charge is 0.340 e. The van der Waals surface area contributed by atoms with E-state index in [1.807, 2.05) is 0 Å². The van der Waals surface area contributed by atoms with Gasteiger partial charge in [0.2, 0.25) is 5.91 Å². The average Bonchev–Trinajstić information content (AvgIpc) is 2.46. The lowest BCUT2D eigenvalue weighted by Gasteiger charge is -2.38. The Morgan fingerprint density at radius 2 is 1.94 bits per heavy atom. The zero-order chi connectivity index (χ0) is 13.0. The monoisotopic (exact) mass is 252 g/mol. The fraction of sp³-hybridized carbons (Fsp3) is 0.933. The van der Waals surface area contributed by atoms with Crippen LogP contribution in [0.2, 0.25) is 0 Å². The Morgan fingerprint density at radius 1 is 1.28 bits per heavy atom. The summed E-state index contributed by atoms with van der Waals surface area (Å²) in [6.45, 7) is 8.32. The summed E-state index contributed by atoms with van der Waals surface area (Å²) in [5.41, 5.74) is 0. The highest BCUT2D eigenvalue weighted by Gasteiger charge is 2.36. The summed E-state index contributed by atoms with van der Waals surface area (Å²) in [6, 6.07) is 0. The second-order valence-electron chi connectivity index (χ2n) is 6.02. The predicted octanol–water partition coefficient (Wildman–Crippen LogP) is 2.27. The summed E-state index contributed by atoms with van der Waals surface area (Å²) in [7, 11) is 0. The maximum atomic E-state index is 12.7. The molecule has 0 radical (unpaired) electrons. The van der Waals surface area contributed by atoms with Crippen molar-refractivity contribution < 1.29 is 4.79 Å². The van der Waals surface area contributed by atoms with E-state index in [1.165, 1.54) is 25.7 Å². The molecule has 1 heterocycles. The van der Waals surface area contributed by atoms with Crippen LogP contribution in [0.25, 0.3) is 0 Å². The number of rotatable bonds is 3. The van der Waals surface area contributed by atoms with Gasteiger partial charge in [0.05, 0.1) is 0 Å². The molecule has 1 amide bonds. The van der Waals surface area contributed by atoms with Gasteiger partial charge in [0.1, 0.15) is 0 Å². The van der Waals surface area contributed by atoms with Crippen molar-refractivity contribution in [1.82, 2.24) is 10.2 Å². The molecule has 0 spiro atoms. The third-order valence-corrected chi connectivity index (χ3v) is 4.94. The molecule has 18 heavy (non-hydrogen) atoms. The first-order chi connectivity index (χ1) is 8.74. The number of nitrogens with one attached hydrogen (secondary N) is 1. The van der Waals surface area contributed by atoms with Crippen molar-refractivity contribution in [3.8, 4) is 0 Å². The summed E-state index contributed by atoms with van der Waals surface area (Å²) >= 11 is 0. The van der Waals surface area contributed by atoms with Crippen molar-refractivity contribution in [1.29, 1.82) is 0 Å². The quantitative estimate of drug-likeness (QED) is 0.835. The molecule has 3 atom stereocenters. The molecule has 1 aliphatic heterocycles. The zero-order valence-electron chi connectivity index (χ0n) is 12.0. The van der Waals surface area contributed by atoms with Crippen LogP contribution in [0.5, 0.6) is 0 Å². The van der Waals surface area contributed by atoms with Gasteiger partial charge in [-0.25, -0.2) is 0 Å². The van der Waals surface area contributed by atoms with Crippen LogP contribution >= 0.6 is 0 Å². The molecule has 1 N–H and O–H groups in total. The average molecular weight is 252 g/mol. The van der Waals surface area contributed by atoms with Gasteiger partial charge < -0.3 is 10.2 Å². The molecule has 3 nitrogen and oxygen atoms in total. The highest BCUT2D eigenvalue weighted by atomic mass is 16.2. The lowest BCUT2D eigenvalue weighted by Crippen LogP contribution is -2.50. The molecule has 0 aromatic heterocycles. The van der Waals surface area contributed by atoms with E-state index in [4.69, 9.17) is 0 Å². The van der Waals surface area contributed by atoms with Gasteiger partial charge in [-0.3, -0.25) is 4.79 Å². The van der Waals surface area contributed by atoms with Gasteiger partial charge >= 0.3 is 0 Å². The van der Waals surface area contributed by atoms with Gasteiger partial charge in [-0.05, 0) is 24.7 Å². The van der Waals surface area contributed by atoms with E-state index in [9.17, 15) is 4.79 Å². The molecule has 2 aliphatic rings. The van der Waals surface area contributed by atoms with Crippen molar-refractivity contribution in [2.45, 2.75) is 46.0 Å². The van der Waals surface area contributed by atoms with Crippen LogP contribution in [0, 0.1) is 17.8 Å². The third-order valence-electron chi connectivity index (χ3n) is 4.94. The Morgan fingerprint density at radius 3 is 2.61 bits per heavy atom. The number of amides is 1. The first-order valence-corrected chi connectivity index (χ1v) is 7.73. The van der Waals surface area contributed by atoms with Gasteiger partial charge in [0.25, 0.3) is 0 Å². The minimum Gasteiger partial charge on any atom is -0.340 e. The maximum Gasteiger partial charge on any atom is 0.226 e. The maximum absolute atomic E-state index is 12.7. The second kappa shape index (κ2) is 6.55. The molecule has 3 heteroatoms. The number of piperazine rings is 1. The normalized spacial score (nSPS) is 31.1. The molecule has 0 bridgehead atoms. The Hall–Kier alpha value is -0.570. The lowest BCUT2D eigenvalue weighted by atomic mass is 9.71. The van der Waals surface area contributed by atoms with Crippen molar-refractivity contribution in [3.63, 3.8) is 0 Å². The number of carbonyl (C=O) groups excluding carboxylic acids is 1. The fourth-order valence-corrected chi connectivity index (χ4v) is 3.57. The molecule has 2 fully saturated rings. The molecular formula is C15H28N2O. The van der Waals surface area contributed by atoms with Crippen molar-refractivity contribution >= 4 is 5.91 Å². The van der Waals surface area contributed by atoms with Gasteiger partial charge in [-0.1, -0.05) is 33.1 Å². The molecule has 2 rings (SSSR count). The minimum atomic E-state index is 0.312. The summed E-state index contributed by atoms with van der Waals surface area (Å²) in [5.74, 6) is 2.08. The number of nitrogens with zero attached hydrogens (tertiary/aromatic N) is 1. The number of carbonyl (C=O) groups is 1. The highest BCUT2D eigenvalue weighted by Crippen LogP contribution is 2.37. The van der Waals surface area contributed by atoms with E-state index in [1.54, 1.807) is 0 Å². The summed E-state index contributed by atoms with van der Waals surface area (Å²) < 4.78 is 0. The van der Waals surface area contributed by atoms with Crippen LogP contribution in [-0.2, 0) is 4.79 Å². The van der Waals surface area contributed by atoms with Crippen LogP contribution in [0.15, 0.2) is 0 Å². The fourth-order valence-electron chi connectivity index (χ4n) is 3.57. The van der Waals surface area contributed by atoms with Crippen molar-refractivity contribution in [2.75, 3.05) is 26.2 Å². The second-order valence-corrected chi connectivity index (χ2v) is 6.02. The first-order valence-electron chi connectivity index (χ1n) is 7.73. The highest BCUT2D eigenvalue weighted by molar-refractivity contribution is 5.79. The topological polar surface area (TPSA) is 32.3 Å². The van der Waals surface area contributed by atoms with Crippen LogP contribution in [-0.4, -0.2) is 37.0 Å². The molecule has 0 aromatic carbocycles. The predicted molar refractivity (Wildman–Crippen MR) is 74.4 cm³/mol. The standard InChI is InChI=1S/C15H28N2O/c1-3-12(2)13-6-4-5-7-14(13)15(18)17-10-8-16-9-11-17/h12-14,16H,3-11H2,1-2H3. The van der Waals surface area contributed by atoms with Crippen LogP contribution in [0.1, 0.15) is 46.0 Å². The van der Waals surface area contributed by atoms with E-state index in [0.717, 1.165) is 32.6 Å². The molecular weight excluding hydrogens is 224 g/mol. The van der Waals surface area contributed by atoms with Crippen LogP contribution < -0.4 is 5.32 Å². The summed E-state index contributed by atoms with van der Waals surface area (Å²) in [4.78, 5) is 14.8. The number of hydrogen-bond acceptors (Lipinski definition) is 2. The van der Waals surface area contributed by atoms with Gasteiger partial charge in [-0.2, -0.15) is 0 Å². The van der Waals surface area contributed by atoms with E-state index in [2.05, 4.69) is 24.1 Å². The molecule has 0 aromatic rings. The summed E-state index contributed by atoms with van der Waals surface area (Å²) in [5, 5.41) is 3.32. The summed E-state index contributed by atoms with van der Waals surface area (Å²) in [6.07, 6.45) is 6.15. The van der Waals surface area contributed by atoms with Gasteiger partial charge in [0.15, 0.2) is 0 Å². The Labute approximate surface area is 111 Å². The SMILES string of the molecule is CCC(C)C1CCCCC1C(=O)N1CCNCC1. The zero-order valence-corrected chi connectivity index (χ0v) is 12.0. The number of hydrogen-bond donors (Lipinski definition) is 1. The molecule has 3 unspecified atom stereocenters. The lowest BCUT2D eigenvalue weighted by molar-refractivity contribution is -0.140. The molecule has 104 valence electrons. The Balaban J connectivity index is 2.00. The molecule has 1 saturated carbocycles. The van der Waals surface area contributed by atoms with Crippen LogP contribution in [0.4, 0.5) is 0 Å². The van der Waals surface area contributed by atoms with E-state index < -0.39 is 0 Å². The van der Waals surface area contributed by atoms with Crippen molar-refractivity contribution in [3.05, 3.63) is 0 Å². The van der Waals surface area contributed by atoms with Crippen molar-refractivity contribution in [2.24, 2.45) is 17.8 Å². The van der Waals surface area contributed by atoms with Crippen LogP contribution in [0.3, 0.4) is 0 Å². The molecule has 1 aliphatic carbocycles. The third kappa shape index (κ3) is 3.05. The smallest absolute Gasteiger partial charge is 0.226 e. The van der Waals surface area contributed by atoms with Gasteiger partial charge in [0, 0.05) is 32.1 Å². The Bertz CT molecular complexity index is 274. The minimum absolute atomic E-state index is 0.312. The first kappa shape index (κ1) is 13.9. The van der Waals surface area contributed by atoms with E-state index in [0.29, 0.717) is 23.7 Å². The van der Waals surface area contributed by atoms with Gasteiger partial charge in [-0.15, -0.1) is 0 Å². The Kier molecular flexibility index (Phi) is 5.04. The van der Waals surface area contributed by atoms with E-state index in [-0.39, 0.29) is 0 Å². The van der Waals surface area contributed by atoms with E-state index >= 15 is 0 Å².